The molecule has 0 saturated heterocycles. The number of nitrogens with zero attached hydrogens (tertiary/aromatic N) is 4. The van der Waals surface area contributed by atoms with Crippen LogP contribution >= 0.6 is 0 Å². The van der Waals surface area contributed by atoms with E-state index in [1.54, 1.807) is 18.5 Å². The normalized spacial score (nSPS) is 10.2. The van der Waals surface area contributed by atoms with E-state index >= 15 is 0 Å². The molecule has 0 aliphatic heterocycles. The van der Waals surface area contributed by atoms with E-state index in [0.717, 1.165) is 17.1 Å². The molecule has 0 aliphatic rings. The molecule has 0 unspecified atom stereocenters. The highest BCUT2D eigenvalue weighted by Gasteiger charge is 2.07. The topological polar surface area (TPSA) is 80.5 Å². The summed E-state index contributed by atoms with van der Waals surface area (Å²) < 4.78 is 1.92. The second-order valence-corrected chi connectivity index (χ2v) is 4.26. The van der Waals surface area contributed by atoms with E-state index in [1.165, 1.54) is 0 Å². The number of nitrogens with two attached hydrogens (primary N) is 1. The number of pyridine rings is 1. The Bertz CT molecular complexity index is 763. The second-order valence-electron chi connectivity index (χ2n) is 4.26. The van der Waals surface area contributed by atoms with E-state index in [4.69, 9.17) is 11.0 Å². The van der Waals surface area contributed by atoms with Crippen LogP contribution in [-0.4, -0.2) is 14.5 Å². The Kier molecular flexibility index (Phi) is 2.90. The zero-order chi connectivity index (χ0) is 13.9. The van der Waals surface area contributed by atoms with Crippen LogP contribution in [0.1, 0.15) is 5.69 Å². The fourth-order valence-electron chi connectivity index (χ4n) is 1.95. The summed E-state index contributed by atoms with van der Waals surface area (Å²) in [5.41, 5.74) is 8.62. The van der Waals surface area contributed by atoms with Crippen molar-refractivity contribution in [1.29, 1.82) is 5.26 Å². The highest BCUT2D eigenvalue weighted by molar-refractivity contribution is 5.61. The van der Waals surface area contributed by atoms with E-state index in [0.29, 0.717) is 11.4 Å². The molecular weight excluding hydrogens is 250 g/mol. The summed E-state index contributed by atoms with van der Waals surface area (Å²) in [7, 11) is 0. The monoisotopic (exact) mass is 261 g/mol. The summed E-state index contributed by atoms with van der Waals surface area (Å²) in [4.78, 5) is 8.44. The van der Waals surface area contributed by atoms with Gasteiger partial charge in [-0.2, -0.15) is 5.26 Å². The van der Waals surface area contributed by atoms with Gasteiger partial charge in [0.2, 0.25) is 0 Å². The molecule has 0 atom stereocenters. The number of hydrogen-bond acceptors (Lipinski definition) is 4. The van der Waals surface area contributed by atoms with E-state index in [-0.39, 0.29) is 0 Å². The van der Waals surface area contributed by atoms with E-state index in [1.807, 2.05) is 47.2 Å². The average molecular weight is 261 g/mol. The molecule has 0 fully saturated rings. The van der Waals surface area contributed by atoms with Gasteiger partial charge in [-0.1, -0.05) is 0 Å². The van der Waals surface area contributed by atoms with Crippen molar-refractivity contribution < 1.29 is 0 Å². The highest BCUT2D eigenvalue weighted by Crippen LogP contribution is 2.22. The van der Waals surface area contributed by atoms with Crippen molar-refractivity contribution in [3.05, 3.63) is 60.7 Å². The lowest BCUT2D eigenvalue weighted by molar-refractivity contribution is 1.04. The molecule has 0 bridgehead atoms. The van der Waals surface area contributed by atoms with Gasteiger partial charge < -0.3 is 5.73 Å². The maximum atomic E-state index is 8.77. The van der Waals surface area contributed by atoms with Crippen molar-refractivity contribution in [3.63, 3.8) is 0 Å². The maximum Gasteiger partial charge on any atom is 0.144 e. The molecule has 1 aromatic carbocycles. The summed E-state index contributed by atoms with van der Waals surface area (Å²) in [6.07, 6.45) is 5.24. The third kappa shape index (κ3) is 2.10. The van der Waals surface area contributed by atoms with Crippen LogP contribution < -0.4 is 5.73 Å². The molecular formula is C15H11N5. The fraction of sp³-hybridized carbons (Fsp3) is 0. The Balaban J connectivity index is 2.05. The number of imidazole rings is 1. The van der Waals surface area contributed by atoms with Crippen LogP contribution in [0.3, 0.4) is 0 Å². The fourth-order valence-corrected chi connectivity index (χ4v) is 1.95. The number of rotatable bonds is 2. The Labute approximate surface area is 116 Å². The number of benzene rings is 1. The molecule has 0 aliphatic carbocycles. The van der Waals surface area contributed by atoms with Gasteiger partial charge in [-0.15, -0.1) is 0 Å². The van der Waals surface area contributed by atoms with Crippen molar-refractivity contribution in [1.82, 2.24) is 14.5 Å². The molecule has 2 aromatic heterocycles. The van der Waals surface area contributed by atoms with Gasteiger partial charge >= 0.3 is 0 Å². The predicted molar refractivity (Wildman–Crippen MR) is 75.9 cm³/mol. The largest absolute Gasteiger partial charge is 0.399 e. The third-order valence-electron chi connectivity index (χ3n) is 2.95. The summed E-state index contributed by atoms with van der Waals surface area (Å²) in [5, 5.41) is 8.77. The van der Waals surface area contributed by atoms with Gasteiger partial charge in [0.05, 0.1) is 11.9 Å². The van der Waals surface area contributed by atoms with Crippen molar-refractivity contribution in [3.8, 4) is 23.1 Å². The molecule has 0 spiro atoms. The number of nitrogen functional groups attached to an aromatic ring is 1. The summed E-state index contributed by atoms with van der Waals surface area (Å²) in [6.45, 7) is 0. The minimum atomic E-state index is 0.392. The van der Waals surface area contributed by atoms with Gasteiger partial charge in [0, 0.05) is 23.6 Å². The first-order valence-corrected chi connectivity index (χ1v) is 6.04. The zero-order valence-corrected chi connectivity index (χ0v) is 10.6. The lowest BCUT2D eigenvalue weighted by Crippen LogP contribution is -1.97. The number of aromatic nitrogens is 3. The Morgan fingerprint density at radius 1 is 1.05 bits per heavy atom. The van der Waals surface area contributed by atoms with Crippen LogP contribution in [-0.2, 0) is 0 Å². The second kappa shape index (κ2) is 4.86. The van der Waals surface area contributed by atoms with E-state index in [9.17, 15) is 0 Å². The zero-order valence-electron chi connectivity index (χ0n) is 10.6. The molecule has 0 amide bonds. The SMILES string of the molecule is N#Cc1ccc(-n2ccnc2-c2ccc(N)cc2)cn1. The van der Waals surface area contributed by atoms with Gasteiger partial charge in [-0.05, 0) is 36.4 Å². The number of nitriles is 1. The first kappa shape index (κ1) is 11.9. The minimum absolute atomic E-state index is 0.392. The summed E-state index contributed by atoms with van der Waals surface area (Å²) >= 11 is 0. The van der Waals surface area contributed by atoms with Gasteiger partial charge in [0.15, 0.2) is 0 Å². The lowest BCUT2D eigenvalue weighted by Gasteiger charge is -2.07. The average Bonchev–Trinajstić information content (AvgIpc) is 2.97. The lowest BCUT2D eigenvalue weighted by atomic mass is 10.2. The standard InChI is InChI=1S/C15H11N5/c16-9-13-5-6-14(10-19-13)20-8-7-18-15(20)11-1-3-12(17)4-2-11/h1-8,10H,17H2. The Morgan fingerprint density at radius 3 is 2.50 bits per heavy atom. The first-order chi connectivity index (χ1) is 9.78. The molecule has 20 heavy (non-hydrogen) atoms. The van der Waals surface area contributed by atoms with Gasteiger partial charge in [0.1, 0.15) is 17.6 Å². The number of anilines is 1. The van der Waals surface area contributed by atoms with Crippen LogP contribution in [0.4, 0.5) is 5.69 Å². The third-order valence-corrected chi connectivity index (χ3v) is 2.95. The summed E-state index contributed by atoms with van der Waals surface area (Å²) in [6, 6.07) is 13.0. The summed E-state index contributed by atoms with van der Waals surface area (Å²) in [5.74, 6) is 0.802. The van der Waals surface area contributed by atoms with Gasteiger partial charge in [0.25, 0.3) is 0 Å². The molecule has 0 saturated carbocycles. The molecule has 2 N–H and O–H groups in total. The maximum absolute atomic E-state index is 8.77. The molecule has 5 heteroatoms. The van der Waals surface area contributed by atoms with Crippen LogP contribution in [0.5, 0.6) is 0 Å². The highest BCUT2D eigenvalue weighted by atomic mass is 15.1. The first-order valence-electron chi connectivity index (χ1n) is 6.04. The van der Waals surface area contributed by atoms with Gasteiger partial charge in [-0.25, -0.2) is 9.97 Å². The Morgan fingerprint density at radius 2 is 1.85 bits per heavy atom. The van der Waals surface area contributed by atoms with Gasteiger partial charge in [-0.3, -0.25) is 4.57 Å². The van der Waals surface area contributed by atoms with Crippen LogP contribution in [0.2, 0.25) is 0 Å². The van der Waals surface area contributed by atoms with E-state index in [2.05, 4.69) is 9.97 Å². The van der Waals surface area contributed by atoms with Crippen LogP contribution in [0, 0.1) is 11.3 Å². The molecule has 0 radical (unpaired) electrons. The van der Waals surface area contributed by atoms with Crippen molar-refractivity contribution in [2.24, 2.45) is 0 Å². The molecule has 96 valence electrons. The number of hydrogen-bond donors (Lipinski definition) is 1. The minimum Gasteiger partial charge on any atom is -0.399 e. The molecule has 5 nitrogen and oxygen atoms in total. The van der Waals surface area contributed by atoms with Crippen molar-refractivity contribution >= 4 is 5.69 Å². The van der Waals surface area contributed by atoms with Crippen molar-refractivity contribution in [2.45, 2.75) is 0 Å². The quantitative estimate of drug-likeness (QED) is 0.718. The molecule has 2 heterocycles. The van der Waals surface area contributed by atoms with Crippen LogP contribution in [0.15, 0.2) is 55.0 Å². The van der Waals surface area contributed by atoms with Crippen LogP contribution in [0.25, 0.3) is 17.1 Å². The predicted octanol–water partition coefficient (Wildman–Crippen LogP) is 2.39. The van der Waals surface area contributed by atoms with Crippen molar-refractivity contribution in [2.75, 3.05) is 5.73 Å². The Hall–Kier alpha value is -3.13. The van der Waals surface area contributed by atoms with E-state index < -0.39 is 0 Å². The molecule has 3 aromatic rings. The molecule has 3 rings (SSSR count). The smallest absolute Gasteiger partial charge is 0.144 e.